The maximum absolute atomic E-state index is 11.2. The Morgan fingerprint density at radius 2 is 2.20 bits per heavy atom. The van der Waals surface area contributed by atoms with Crippen LogP contribution >= 0.6 is 0 Å². The minimum atomic E-state index is -1.15. The second-order valence-electron chi connectivity index (χ2n) is 2.85. The Bertz CT molecular complexity index is 394. The van der Waals surface area contributed by atoms with Gasteiger partial charge in [-0.3, -0.25) is 0 Å². The fourth-order valence-corrected chi connectivity index (χ4v) is 1.24. The van der Waals surface area contributed by atoms with Crippen LogP contribution in [0, 0.1) is 0 Å². The number of carboxylic acid groups (broad SMARTS) is 1. The van der Waals surface area contributed by atoms with Crippen LogP contribution in [0.25, 0.3) is 0 Å². The van der Waals surface area contributed by atoms with E-state index in [2.05, 4.69) is 14.7 Å². The van der Waals surface area contributed by atoms with Crippen molar-refractivity contribution in [2.45, 2.75) is 6.04 Å². The number of carbonyl (C=O) groups excluding carboxylic acids is 1. The summed E-state index contributed by atoms with van der Waals surface area (Å²) in [5, 5.41) is 8.83. The van der Waals surface area contributed by atoms with Gasteiger partial charge in [0.05, 0.1) is 0 Å². The maximum Gasteiger partial charge on any atom is 0.417 e. The first-order chi connectivity index (χ1) is 7.20. The molecule has 2 rings (SSSR count). The first kappa shape index (κ1) is 9.38. The summed E-state index contributed by atoms with van der Waals surface area (Å²) in [4.78, 5) is 30.6. The zero-order chi connectivity index (χ0) is 10.8. The van der Waals surface area contributed by atoms with Crippen molar-refractivity contribution in [3.05, 3.63) is 18.5 Å². The standard InChI is InChI=1S/C8H7N3O4/c12-6(13)5-4-15-8(14)11(5)7-9-2-1-3-10-7/h1-3,5H,4H2,(H,12,13). The second kappa shape index (κ2) is 3.52. The predicted octanol–water partition coefficient (Wildman–Crippen LogP) is -0.114. The zero-order valence-corrected chi connectivity index (χ0v) is 7.53. The highest BCUT2D eigenvalue weighted by molar-refractivity contribution is 5.96. The molecule has 0 aromatic carbocycles. The summed E-state index contributed by atoms with van der Waals surface area (Å²) in [6.07, 6.45) is 2.10. The van der Waals surface area contributed by atoms with Crippen LogP contribution in [0.2, 0.25) is 0 Å². The first-order valence-corrected chi connectivity index (χ1v) is 4.16. The number of nitrogens with zero attached hydrogens (tertiary/aromatic N) is 3. The quantitative estimate of drug-likeness (QED) is 0.730. The molecule has 1 amide bonds. The van der Waals surface area contributed by atoms with E-state index < -0.39 is 18.1 Å². The summed E-state index contributed by atoms with van der Waals surface area (Å²) in [7, 11) is 0. The lowest BCUT2D eigenvalue weighted by Gasteiger charge is -2.14. The van der Waals surface area contributed by atoms with Crippen LogP contribution in [-0.2, 0) is 9.53 Å². The van der Waals surface area contributed by atoms with Gasteiger partial charge in [0.15, 0.2) is 6.04 Å². The highest BCUT2D eigenvalue weighted by atomic mass is 16.6. The van der Waals surface area contributed by atoms with Crippen molar-refractivity contribution in [1.29, 1.82) is 0 Å². The Balaban J connectivity index is 2.33. The molecular weight excluding hydrogens is 202 g/mol. The number of amides is 1. The summed E-state index contributed by atoms with van der Waals surface area (Å²) in [5.41, 5.74) is 0. The third kappa shape index (κ3) is 1.58. The fourth-order valence-electron chi connectivity index (χ4n) is 1.24. The molecular formula is C8H7N3O4. The molecule has 1 unspecified atom stereocenters. The molecule has 78 valence electrons. The van der Waals surface area contributed by atoms with Crippen LogP contribution < -0.4 is 4.90 Å². The second-order valence-corrected chi connectivity index (χ2v) is 2.85. The molecule has 1 aliphatic heterocycles. The molecule has 0 saturated carbocycles. The maximum atomic E-state index is 11.2. The molecule has 1 aromatic heterocycles. The zero-order valence-electron chi connectivity index (χ0n) is 7.53. The van der Waals surface area contributed by atoms with Gasteiger partial charge in [-0.2, -0.15) is 0 Å². The van der Waals surface area contributed by atoms with E-state index in [1.807, 2.05) is 0 Å². The third-order valence-corrected chi connectivity index (χ3v) is 1.93. The average Bonchev–Trinajstić information content (AvgIpc) is 2.61. The SMILES string of the molecule is O=C(O)C1COC(=O)N1c1ncccn1. The van der Waals surface area contributed by atoms with Crippen molar-refractivity contribution in [1.82, 2.24) is 9.97 Å². The molecule has 1 fully saturated rings. The Hall–Kier alpha value is -2.18. The van der Waals surface area contributed by atoms with Crippen molar-refractivity contribution in [3.63, 3.8) is 0 Å². The number of carbonyl (C=O) groups is 2. The number of cyclic esters (lactones) is 1. The molecule has 0 radical (unpaired) electrons. The van der Waals surface area contributed by atoms with Gasteiger partial charge in [-0.05, 0) is 6.07 Å². The number of carboxylic acids is 1. The van der Waals surface area contributed by atoms with E-state index in [4.69, 9.17) is 5.11 Å². The fraction of sp³-hybridized carbons (Fsp3) is 0.250. The molecule has 1 saturated heterocycles. The minimum Gasteiger partial charge on any atom is -0.480 e. The molecule has 1 aromatic rings. The lowest BCUT2D eigenvalue weighted by atomic mass is 10.3. The van der Waals surface area contributed by atoms with Crippen LogP contribution in [0.3, 0.4) is 0 Å². The summed E-state index contributed by atoms with van der Waals surface area (Å²) < 4.78 is 4.62. The van der Waals surface area contributed by atoms with Gasteiger partial charge in [-0.1, -0.05) is 0 Å². The van der Waals surface area contributed by atoms with E-state index in [0.29, 0.717) is 0 Å². The van der Waals surface area contributed by atoms with Crippen molar-refractivity contribution in [2.24, 2.45) is 0 Å². The van der Waals surface area contributed by atoms with Crippen LogP contribution in [0.15, 0.2) is 18.5 Å². The number of rotatable bonds is 2. The van der Waals surface area contributed by atoms with Gasteiger partial charge >= 0.3 is 12.1 Å². The van der Waals surface area contributed by atoms with Gasteiger partial charge in [-0.15, -0.1) is 0 Å². The van der Waals surface area contributed by atoms with E-state index in [9.17, 15) is 9.59 Å². The van der Waals surface area contributed by atoms with E-state index in [0.717, 1.165) is 4.90 Å². The number of hydrogen-bond donors (Lipinski definition) is 1. The van der Waals surface area contributed by atoms with Crippen molar-refractivity contribution in [2.75, 3.05) is 11.5 Å². The number of aliphatic carboxylic acids is 1. The van der Waals surface area contributed by atoms with Crippen molar-refractivity contribution < 1.29 is 19.4 Å². The molecule has 0 aliphatic carbocycles. The molecule has 0 spiro atoms. The summed E-state index contributed by atoms with van der Waals surface area (Å²) in [6.45, 7) is -0.188. The number of aromatic nitrogens is 2. The number of hydrogen-bond acceptors (Lipinski definition) is 5. The molecule has 2 heterocycles. The Morgan fingerprint density at radius 1 is 1.53 bits per heavy atom. The summed E-state index contributed by atoms with van der Waals surface area (Å²) in [6, 6.07) is 0.514. The topological polar surface area (TPSA) is 92.6 Å². The number of anilines is 1. The predicted molar refractivity (Wildman–Crippen MR) is 47.3 cm³/mol. The van der Waals surface area contributed by atoms with Gasteiger partial charge < -0.3 is 9.84 Å². The summed E-state index contributed by atoms with van der Waals surface area (Å²) >= 11 is 0. The first-order valence-electron chi connectivity index (χ1n) is 4.16. The van der Waals surface area contributed by atoms with Gasteiger partial charge in [0.25, 0.3) is 0 Å². The van der Waals surface area contributed by atoms with E-state index >= 15 is 0 Å². The molecule has 7 nitrogen and oxygen atoms in total. The monoisotopic (exact) mass is 209 g/mol. The Labute approximate surface area is 84.3 Å². The van der Waals surface area contributed by atoms with Crippen LogP contribution in [0.1, 0.15) is 0 Å². The Kier molecular flexibility index (Phi) is 2.20. The molecule has 1 N–H and O–H groups in total. The largest absolute Gasteiger partial charge is 0.480 e. The lowest BCUT2D eigenvalue weighted by Crippen LogP contribution is -2.40. The van der Waals surface area contributed by atoms with Crippen molar-refractivity contribution >= 4 is 18.0 Å². The Morgan fingerprint density at radius 3 is 2.80 bits per heavy atom. The molecule has 1 aliphatic rings. The normalized spacial score (nSPS) is 20.1. The third-order valence-electron chi connectivity index (χ3n) is 1.93. The molecule has 0 bridgehead atoms. The molecule has 1 atom stereocenters. The van der Waals surface area contributed by atoms with Crippen LogP contribution in [0.5, 0.6) is 0 Å². The van der Waals surface area contributed by atoms with E-state index in [-0.39, 0.29) is 12.6 Å². The van der Waals surface area contributed by atoms with E-state index in [1.165, 1.54) is 12.4 Å². The molecule has 15 heavy (non-hydrogen) atoms. The smallest absolute Gasteiger partial charge is 0.417 e. The molecule has 7 heteroatoms. The average molecular weight is 209 g/mol. The van der Waals surface area contributed by atoms with E-state index in [1.54, 1.807) is 6.07 Å². The van der Waals surface area contributed by atoms with Crippen LogP contribution in [-0.4, -0.2) is 39.8 Å². The van der Waals surface area contributed by atoms with Gasteiger partial charge in [0, 0.05) is 12.4 Å². The highest BCUT2D eigenvalue weighted by Gasteiger charge is 2.40. The highest BCUT2D eigenvalue weighted by Crippen LogP contribution is 2.18. The van der Waals surface area contributed by atoms with Crippen LogP contribution in [0.4, 0.5) is 10.7 Å². The summed E-state index contributed by atoms with van der Waals surface area (Å²) in [5.74, 6) is -1.11. The van der Waals surface area contributed by atoms with Gasteiger partial charge in [0.1, 0.15) is 6.61 Å². The number of ether oxygens (including phenoxy) is 1. The minimum absolute atomic E-state index is 0.0346. The van der Waals surface area contributed by atoms with Crippen molar-refractivity contribution in [3.8, 4) is 0 Å². The lowest BCUT2D eigenvalue weighted by molar-refractivity contribution is -0.138. The van der Waals surface area contributed by atoms with Gasteiger partial charge in [0.2, 0.25) is 5.95 Å². The van der Waals surface area contributed by atoms with Gasteiger partial charge in [-0.25, -0.2) is 24.5 Å².